The van der Waals surface area contributed by atoms with Crippen molar-refractivity contribution in [2.45, 2.75) is 20.0 Å². The van der Waals surface area contributed by atoms with Crippen molar-refractivity contribution in [3.05, 3.63) is 51.3 Å². The minimum atomic E-state index is -0.672. The molecule has 5 nitrogen and oxygen atoms in total. The molecule has 0 saturated heterocycles. The number of aliphatic hydroxyl groups is 1. The van der Waals surface area contributed by atoms with Gasteiger partial charge in [0.2, 0.25) is 0 Å². The molecule has 0 saturated carbocycles. The van der Waals surface area contributed by atoms with E-state index < -0.39 is 6.10 Å². The van der Waals surface area contributed by atoms with Gasteiger partial charge in [0.15, 0.2) is 5.13 Å². The molecule has 0 aliphatic rings. The number of anilines is 1. The van der Waals surface area contributed by atoms with Crippen LogP contribution in [0, 0.1) is 6.92 Å². The largest absolute Gasteiger partial charge is 0.386 e. The van der Waals surface area contributed by atoms with Crippen LogP contribution in [-0.4, -0.2) is 21.0 Å². The number of hydrogen-bond donors (Lipinski definition) is 2. The van der Waals surface area contributed by atoms with Crippen molar-refractivity contribution >= 4 is 33.7 Å². The molecule has 118 valence electrons. The predicted octanol–water partition coefficient (Wildman–Crippen LogP) is 3.88. The summed E-state index contributed by atoms with van der Waals surface area (Å²) in [5.41, 5.74) is 3.04. The molecule has 0 fully saturated rings. The number of rotatable bonds is 4. The lowest BCUT2D eigenvalue weighted by molar-refractivity contribution is 0.103. The predicted molar refractivity (Wildman–Crippen MR) is 93.0 cm³/mol. The van der Waals surface area contributed by atoms with Crippen LogP contribution in [0.25, 0.3) is 11.3 Å². The van der Waals surface area contributed by atoms with Crippen molar-refractivity contribution in [2.24, 2.45) is 0 Å². The number of aryl methyl sites for hydroxylation is 1. The Morgan fingerprint density at radius 1 is 1.35 bits per heavy atom. The third-order valence-electron chi connectivity index (χ3n) is 3.25. The fourth-order valence-electron chi connectivity index (χ4n) is 2.06. The molecule has 0 unspecified atom stereocenters. The Kier molecular flexibility index (Phi) is 4.51. The van der Waals surface area contributed by atoms with Gasteiger partial charge in [0, 0.05) is 10.9 Å². The Morgan fingerprint density at radius 2 is 2.13 bits per heavy atom. The minimum absolute atomic E-state index is 0.264. The van der Waals surface area contributed by atoms with Gasteiger partial charge in [-0.15, -0.1) is 22.7 Å². The van der Waals surface area contributed by atoms with Gasteiger partial charge in [0.05, 0.1) is 11.9 Å². The Morgan fingerprint density at radius 3 is 2.83 bits per heavy atom. The molecule has 0 spiro atoms. The van der Waals surface area contributed by atoms with Crippen LogP contribution in [0.1, 0.15) is 33.3 Å². The molecule has 3 aromatic rings. The van der Waals surface area contributed by atoms with Gasteiger partial charge < -0.3 is 5.11 Å². The molecule has 2 aromatic heterocycles. The van der Waals surface area contributed by atoms with Gasteiger partial charge in [-0.25, -0.2) is 9.97 Å². The van der Waals surface area contributed by atoms with Crippen molar-refractivity contribution in [1.29, 1.82) is 0 Å². The molecule has 1 amide bonds. The summed E-state index contributed by atoms with van der Waals surface area (Å²) in [6, 6.07) is 7.99. The van der Waals surface area contributed by atoms with E-state index in [0.717, 1.165) is 16.8 Å². The zero-order valence-electron chi connectivity index (χ0n) is 12.6. The smallest absolute Gasteiger partial charge is 0.269 e. The molecular formula is C16H15N3O2S2. The lowest BCUT2D eigenvalue weighted by Crippen LogP contribution is -2.09. The number of thiazole rings is 2. The molecule has 1 aromatic carbocycles. The monoisotopic (exact) mass is 345 g/mol. The molecule has 0 bridgehead atoms. The fourth-order valence-corrected chi connectivity index (χ4v) is 3.52. The Labute approximate surface area is 141 Å². The van der Waals surface area contributed by atoms with E-state index >= 15 is 0 Å². The molecule has 0 aliphatic heterocycles. The first-order valence-electron chi connectivity index (χ1n) is 7.01. The second kappa shape index (κ2) is 6.57. The van der Waals surface area contributed by atoms with E-state index in [-0.39, 0.29) is 5.91 Å². The summed E-state index contributed by atoms with van der Waals surface area (Å²) < 4.78 is 0. The summed E-state index contributed by atoms with van der Waals surface area (Å²) in [7, 11) is 0. The maximum Gasteiger partial charge on any atom is 0.269 e. The van der Waals surface area contributed by atoms with E-state index in [4.69, 9.17) is 0 Å². The molecule has 1 atom stereocenters. The SMILES string of the molecule is Cc1ccccc1-c1csc(NC(=O)c2cnc([C@H](C)O)s2)n1. The lowest BCUT2D eigenvalue weighted by atomic mass is 10.1. The second-order valence-electron chi connectivity index (χ2n) is 5.05. The first-order valence-corrected chi connectivity index (χ1v) is 8.71. The van der Waals surface area contributed by atoms with Crippen molar-refractivity contribution in [3.8, 4) is 11.3 Å². The van der Waals surface area contributed by atoms with E-state index in [1.165, 1.54) is 28.9 Å². The lowest BCUT2D eigenvalue weighted by Gasteiger charge is -2.01. The maximum absolute atomic E-state index is 12.2. The van der Waals surface area contributed by atoms with Gasteiger partial charge in [0.1, 0.15) is 16.0 Å². The number of aromatic nitrogens is 2. The Balaban J connectivity index is 1.76. The van der Waals surface area contributed by atoms with Crippen LogP contribution < -0.4 is 5.32 Å². The molecule has 23 heavy (non-hydrogen) atoms. The molecule has 0 radical (unpaired) electrons. The number of benzene rings is 1. The highest BCUT2D eigenvalue weighted by Gasteiger charge is 2.15. The number of carbonyl (C=O) groups excluding carboxylic acids is 1. The highest BCUT2D eigenvalue weighted by atomic mass is 32.1. The van der Waals surface area contributed by atoms with Gasteiger partial charge in [-0.1, -0.05) is 24.3 Å². The number of nitrogens with one attached hydrogen (secondary N) is 1. The van der Waals surface area contributed by atoms with Gasteiger partial charge >= 0.3 is 0 Å². The van der Waals surface area contributed by atoms with Crippen LogP contribution in [0.5, 0.6) is 0 Å². The van der Waals surface area contributed by atoms with E-state index in [2.05, 4.69) is 15.3 Å². The third-order valence-corrected chi connectivity index (χ3v) is 5.17. The highest BCUT2D eigenvalue weighted by molar-refractivity contribution is 7.15. The quantitative estimate of drug-likeness (QED) is 0.752. The first kappa shape index (κ1) is 15.8. The van der Waals surface area contributed by atoms with Gasteiger partial charge in [-0.3, -0.25) is 10.1 Å². The van der Waals surface area contributed by atoms with E-state index in [9.17, 15) is 9.90 Å². The van der Waals surface area contributed by atoms with E-state index in [1.54, 1.807) is 6.92 Å². The highest BCUT2D eigenvalue weighted by Crippen LogP contribution is 2.28. The number of amides is 1. The summed E-state index contributed by atoms with van der Waals surface area (Å²) in [5.74, 6) is -0.264. The van der Waals surface area contributed by atoms with Crippen molar-refractivity contribution in [2.75, 3.05) is 5.32 Å². The summed E-state index contributed by atoms with van der Waals surface area (Å²) in [4.78, 5) is 21.2. The maximum atomic E-state index is 12.2. The zero-order valence-corrected chi connectivity index (χ0v) is 14.2. The molecule has 3 rings (SSSR count). The van der Waals surface area contributed by atoms with Crippen molar-refractivity contribution in [3.63, 3.8) is 0 Å². The normalized spacial score (nSPS) is 12.1. The van der Waals surface area contributed by atoms with Gasteiger partial charge in [-0.05, 0) is 19.4 Å². The molecule has 2 N–H and O–H groups in total. The number of carbonyl (C=O) groups is 1. The first-order chi connectivity index (χ1) is 11.0. The number of hydrogen-bond acceptors (Lipinski definition) is 6. The molecular weight excluding hydrogens is 330 g/mol. The molecule has 2 heterocycles. The second-order valence-corrected chi connectivity index (χ2v) is 6.97. The summed E-state index contributed by atoms with van der Waals surface area (Å²) in [6.07, 6.45) is 0.798. The number of nitrogens with zero attached hydrogens (tertiary/aromatic N) is 2. The standard InChI is InChI=1S/C16H15N3O2S2/c1-9-5-3-4-6-11(9)12-8-22-16(18-12)19-14(21)13-7-17-15(23-13)10(2)20/h3-8,10,20H,1-2H3,(H,18,19,21)/t10-/m0/s1. The van der Waals surface area contributed by atoms with E-state index in [0.29, 0.717) is 15.0 Å². The van der Waals surface area contributed by atoms with Gasteiger partial charge in [0.25, 0.3) is 5.91 Å². The van der Waals surface area contributed by atoms with Crippen LogP contribution in [0.2, 0.25) is 0 Å². The minimum Gasteiger partial charge on any atom is -0.386 e. The number of aliphatic hydroxyl groups excluding tert-OH is 1. The Hall–Kier alpha value is -2.09. The van der Waals surface area contributed by atoms with Crippen LogP contribution in [0.3, 0.4) is 0 Å². The topological polar surface area (TPSA) is 75.1 Å². The third kappa shape index (κ3) is 3.47. The average Bonchev–Trinajstić information content (AvgIpc) is 3.16. The Bertz CT molecular complexity index is 839. The summed E-state index contributed by atoms with van der Waals surface area (Å²) >= 11 is 2.56. The summed E-state index contributed by atoms with van der Waals surface area (Å²) in [5, 5.41) is 15.2. The van der Waals surface area contributed by atoms with Gasteiger partial charge in [-0.2, -0.15) is 0 Å². The van der Waals surface area contributed by atoms with Crippen LogP contribution in [0.15, 0.2) is 35.8 Å². The van der Waals surface area contributed by atoms with Crippen LogP contribution in [-0.2, 0) is 0 Å². The average molecular weight is 345 g/mol. The van der Waals surface area contributed by atoms with Crippen LogP contribution in [0.4, 0.5) is 5.13 Å². The van der Waals surface area contributed by atoms with Crippen molar-refractivity contribution in [1.82, 2.24) is 9.97 Å². The summed E-state index contributed by atoms with van der Waals surface area (Å²) in [6.45, 7) is 3.65. The molecule has 0 aliphatic carbocycles. The van der Waals surface area contributed by atoms with Crippen LogP contribution >= 0.6 is 22.7 Å². The van der Waals surface area contributed by atoms with E-state index in [1.807, 2.05) is 36.6 Å². The fraction of sp³-hybridized carbons (Fsp3) is 0.188. The molecule has 7 heteroatoms. The zero-order chi connectivity index (χ0) is 16.4. The van der Waals surface area contributed by atoms with Crippen molar-refractivity contribution < 1.29 is 9.90 Å².